The molecule has 0 aliphatic rings. The number of nitrogens with one attached hydrogen (secondary N) is 1. The molecule has 6 nitrogen and oxygen atoms in total. The lowest BCUT2D eigenvalue weighted by Gasteiger charge is -2.11. The fourth-order valence-corrected chi connectivity index (χ4v) is 2.70. The van der Waals surface area contributed by atoms with Crippen molar-refractivity contribution < 1.29 is 17.9 Å². The van der Waals surface area contributed by atoms with Gasteiger partial charge in [0.25, 0.3) is 0 Å². The normalized spacial score (nSPS) is 11.8. The predicted molar refractivity (Wildman–Crippen MR) is 77.2 cm³/mol. The van der Waals surface area contributed by atoms with Gasteiger partial charge in [-0.3, -0.25) is 0 Å². The molecule has 0 aliphatic heterocycles. The van der Waals surface area contributed by atoms with Crippen molar-refractivity contribution in [3.63, 3.8) is 0 Å². The fourth-order valence-electron chi connectivity index (χ4n) is 1.64. The van der Waals surface area contributed by atoms with Crippen molar-refractivity contribution in [2.75, 3.05) is 20.3 Å². The molecule has 0 saturated carbocycles. The molecule has 0 heterocycles. The van der Waals surface area contributed by atoms with Gasteiger partial charge in [0.15, 0.2) is 0 Å². The first-order chi connectivity index (χ1) is 9.40. The number of ether oxygens (including phenoxy) is 2. The summed E-state index contributed by atoms with van der Waals surface area (Å²) in [6, 6.07) is 4.61. The van der Waals surface area contributed by atoms with Crippen LogP contribution in [-0.4, -0.2) is 34.8 Å². The van der Waals surface area contributed by atoms with Crippen LogP contribution in [0.25, 0.3) is 0 Å². The second-order valence-corrected chi connectivity index (χ2v) is 6.26. The van der Waals surface area contributed by atoms with Gasteiger partial charge in [0.1, 0.15) is 5.75 Å². The molecule has 0 aromatic heterocycles. The Morgan fingerprint density at radius 1 is 1.35 bits per heavy atom. The second-order valence-electron chi connectivity index (χ2n) is 4.50. The molecular weight excluding hydrogens is 280 g/mol. The van der Waals surface area contributed by atoms with Crippen molar-refractivity contribution in [1.82, 2.24) is 4.72 Å². The minimum absolute atomic E-state index is 0.0735. The Bertz CT molecular complexity index is 529. The minimum atomic E-state index is -3.56. The van der Waals surface area contributed by atoms with Crippen molar-refractivity contribution in [2.45, 2.75) is 31.4 Å². The summed E-state index contributed by atoms with van der Waals surface area (Å²) >= 11 is 0. The summed E-state index contributed by atoms with van der Waals surface area (Å²) in [7, 11) is -2.04. The molecule has 0 fully saturated rings. The van der Waals surface area contributed by atoms with Crippen molar-refractivity contribution in [3.8, 4) is 5.75 Å². The smallest absolute Gasteiger partial charge is 0.240 e. The molecular formula is C13H22N2O4S. The van der Waals surface area contributed by atoms with Crippen LogP contribution in [-0.2, 0) is 21.3 Å². The lowest BCUT2D eigenvalue weighted by Crippen LogP contribution is -2.28. The Morgan fingerprint density at radius 3 is 2.60 bits per heavy atom. The third-order valence-electron chi connectivity index (χ3n) is 2.63. The first kappa shape index (κ1) is 16.9. The number of hydrogen-bond acceptors (Lipinski definition) is 5. The van der Waals surface area contributed by atoms with Crippen LogP contribution in [0.1, 0.15) is 19.4 Å². The highest BCUT2D eigenvalue weighted by Gasteiger charge is 2.15. The zero-order valence-corrected chi connectivity index (χ0v) is 12.9. The Balaban J connectivity index is 2.77. The molecule has 0 atom stereocenters. The van der Waals surface area contributed by atoms with Gasteiger partial charge < -0.3 is 15.2 Å². The first-order valence-corrected chi connectivity index (χ1v) is 7.87. The summed E-state index contributed by atoms with van der Waals surface area (Å²) in [5, 5.41) is 0. The van der Waals surface area contributed by atoms with Crippen LogP contribution in [0.15, 0.2) is 23.1 Å². The fraction of sp³-hybridized carbons (Fsp3) is 0.538. The SMILES string of the molecule is COc1ccc(S(=O)(=O)NCCOC(C)C)cc1CN. The van der Waals surface area contributed by atoms with E-state index in [1.807, 2.05) is 13.8 Å². The second kappa shape index (κ2) is 7.58. The molecule has 1 aromatic rings. The number of hydrogen-bond donors (Lipinski definition) is 2. The van der Waals surface area contributed by atoms with E-state index in [0.717, 1.165) is 0 Å². The molecule has 0 aliphatic carbocycles. The van der Waals surface area contributed by atoms with Crippen LogP contribution >= 0.6 is 0 Å². The van der Waals surface area contributed by atoms with E-state index in [1.165, 1.54) is 19.2 Å². The van der Waals surface area contributed by atoms with E-state index in [4.69, 9.17) is 15.2 Å². The highest BCUT2D eigenvalue weighted by molar-refractivity contribution is 7.89. The molecule has 0 amide bonds. The number of benzene rings is 1. The van der Waals surface area contributed by atoms with Gasteiger partial charge in [-0.05, 0) is 32.0 Å². The van der Waals surface area contributed by atoms with Crippen LogP contribution in [0.5, 0.6) is 5.75 Å². The molecule has 0 bridgehead atoms. The first-order valence-electron chi connectivity index (χ1n) is 6.39. The van der Waals surface area contributed by atoms with Gasteiger partial charge in [0.05, 0.1) is 24.7 Å². The van der Waals surface area contributed by atoms with Crippen LogP contribution in [0.2, 0.25) is 0 Å². The van der Waals surface area contributed by atoms with Gasteiger partial charge in [-0.25, -0.2) is 13.1 Å². The van der Waals surface area contributed by atoms with Crippen LogP contribution < -0.4 is 15.2 Å². The lowest BCUT2D eigenvalue weighted by molar-refractivity contribution is 0.0834. The zero-order valence-electron chi connectivity index (χ0n) is 12.0. The summed E-state index contributed by atoms with van der Waals surface area (Å²) < 4.78 is 37.1. The maximum absolute atomic E-state index is 12.1. The largest absolute Gasteiger partial charge is 0.496 e. The topological polar surface area (TPSA) is 90.7 Å². The van der Waals surface area contributed by atoms with Gasteiger partial charge in [-0.2, -0.15) is 0 Å². The van der Waals surface area contributed by atoms with Crippen LogP contribution in [0, 0.1) is 0 Å². The summed E-state index contributed by atoms with van der Waals surface area (Å²) in [6.45, 7) is 4.56. The van der Waals surface area contributed by atoms with E-state index in [1.54, 1.807) is 6.07 Å². The molecule has 1 aromatic carbocycles. The quantitative estimate of drug-likeness (QED) is 0.695. The highest BCUT2D eigenvalue weighted by atomic mass is 32.2. The van der Waals surface area contributed by atoms with Gasteiger partial charge in [0, 0.05) is 18.7 Å². The van der Waals surface area contributed by atoms with E-state index in [9.17, 15) is 8.42 Å². The van der Waals surface area contributed by atoms with E-state index in [2.05, 4.69) is 4.72 Å². The molecule has 114 valence electrons. The van der Waals surface area contributed by atoms with Gasteiger partial charge in [-0.1, -0.05) is 0 Å². The van der Waals surface area contributed by atoms with Crippen LogP contribution in [0.3, 0.4) is 0 Å². The highest BCUT2D eigenvalue weighted by Crippen LogP contribution is 2.21. The van der Waals surface area contributed by atoms with Crippen molar-refractivity contribution in [2.24, 2.45) is 5.73 Å². The average molecular weight is 302 g/mol. The third kappa shape index (κ3) is 4.75. The average Bonchev–Trinajstić information content (AvgIpc) is 2.42. The number of sulfonamides is 1. The predicted octanol–water partition coefficient (Wildman–Crippen LogP) is 0.857. The van der Waals surface area contributed by atoms with E-state index in [-0.39, 0.29) is 24.1 Å². The van der Waals surface area contributed by atoms with Crippen molar-refractivity contribution in [1.29, 1.82) is 0 Å². The third-order valence-corrected chi connectivity index (χ3v) is 4.09. The molecule has 0 saturated heterocycles. The molecule has 0 unspecified atom stereocenters. The van der Waals surface area contributed by atoms with Crippen molar-refractivity contribution >= 4 is 10.0 Å². The van der Waals surface area contributed by atoms with E-state index < -0.39 is 10.0 Å². The maximum atomic E-state index is 12.1. The molecule has 7 heteroatoms. The maximum Gasteiger partial charge on any atom is 0.240 e. The Kier molecular flexibility index (Phi) is 6.41. The molecule has 0 radical (unpaired) electrons. The van der Waals surface area contributed by atoms with Crippen molar-refractivity contribution in [3.05, 3.63) is 23.8 Å². The standard InChI is InChI=1S/C13H22N2O4S/c1-10(2)19-7-6-15-20(16,17)12-4-5-13(18-3)11(8-12)9-14/h4-5,8,10,15H,6-7,9,14H2,1-3H3. The molecule has 3 N–H and O–H groups in total. The summed E-state index contributed by atoms with van der Waals surface area (Å²) in [4.78, 5) is 0.170. The number of methoxy groups -OCH3 is 1. The summed E-state index contributed by atoms with van der Waals surface area (Å²) in [5.74, 6) is 0.578. The van der Waals surface area contributed by atoms with Gasteiger partial charge >= 0.3 is 0 Å². The summed E-state index contributed by atoms with van der Waals surface area (Å²) in [5.41, 5.74) is 6.23. The van der Waals surface area contributed by atoms with Crippen LogP contribution in [0.4, 0.5) is 0 Å². The van der Waals surface area contributed by atoms with Gasteiger partial charge in [-0.15, -0.1) is 0 Å². The van der Waals surface area contributed by atoms with E-state index >= 15 is 0 Å². The monoisotopic (exact) mass is 302 g/mol. The Hall–Kier alpha value is -1.15. The number of rotatable bonds is 8. The van der Waals surface area contributed by atoms with Gasteiger partial charge in [0.2, 0.25) is 10.0 Å². The van der Waals surface area contributed by atoms with E-state index in [0.29, 0.717) is 17.9 Å². The molecule has 0 spiro atoms. The Labute approximate surface area is 120 Å². The molecule has 1 rings (SSSR count). The Morgan fingerprint density at radius 2 is 2.05 bits per heavy atom. The molecule has 20 heavy (non-hydrogen) atoms. The zero-order chi connectivity index (χ0) is 15.2. The number of nitrogens with two attached hydrogens (primary N) is 1. The summed E-state index contributed by atoms with van der Waals surface area (Å²) in [6.07, 6.45) is 0.0735. The minimum Gasteiger partial charge on any atom is -0.496 e. The lowest BCUT2D eigenvalue weighted by atomic mass is 10.2.